The van der Waals surface area contributed by atoms with Crippen LogP contribution in [0.15, 0.2) is 36.4 Å². The van der Waals surface area contributed by atoms with E-state index >= 15 is 0 Å². The van der Waals surface area contributed by atoms with Crippen molar-refractivity contribution in [1.29, 1.82) is 0 Å². The van der Waals surface area contributed by atoms with Crippen LogP contribution in [0.2, 0.25) is 0 Å². The molecule has 0 saturated heterocycles. The zero-order valence-corrected chi connectivity index (χ0v) is 11.4. The number of benzene rings is 2. The van der Waals surface area contributed by atoms with Gasteiger partial charge in [-0.25, -0.2) is 0 Å². The van der Waals surface area contributed by atoms with Crippen molar-refractivity contribution in [2.24, 2.45) is 0 Å². The summed E-state index contributed by atoms with van der Waals surface area (Å²) in [5.74, 6) is 0. The lowest BCUT2D eigenvalue weighted by Crippen LogP contribution is -2.02. The summed E-state index contributed by atoms with van der Waals surface area (Å²) in [7, 11) is 0. The lowest BCUT2D eigenvalue weighted by atomic mass is 10.1. The van der Waals surface area contributed by atoms with Crippen LogP contribution >= 0.6 is 0 Å². The highest BCUT2D eigenvalue weighted by Crippen LogP contribution is 2.25. The Morgan fingerprint density at radius 2 is 2.00 bits per heavy atom. The Morgan fingerprint density at radius 1 is 1.19 bits per heavy atom. The highest BCUT2D eigenvalue weighted by molar-refractivity contribution is 5.65. The number of hydrogen-bond donors (Lipinski definition) is 3. The fourth-order valence-corrected chi connectivity index (χ4v) is 2.49. The first-order valence-electron chi connectivity index (χ1n) is 6.72. The minimum Gasteiger partial charge on any atom is -0.393 e. The minimum absolute atomic E-state index is 0.0656. The number of nitrogen functional groups attached to an aromatic ring is 1. The summed E-state index contributed by atoms with van der Waals surface area (Å²) in [4.78, 5) is 10.2. The van der Waals surface area contributed by atoms with Crippen LogP contribution in [0.1, 0.15) is 16.7 Å². The predicted octanol–water partition coefficient (Wildman–Crippen LogP) is 2.39. The van der Waals surface area contributed by atoms with E-state index in [0.29, 0.717) is 6.54 Å². The molecule has 0 radical (unpaired) electrons. The maximum absolute atomic E-state index is 10.7. The second-order valence-electron chi connectivity index (χ2n) is 5.09. The predicted molar refractivity (Wildman–Crippen MR) is 81.8 cm³/mol. The molecule has 0 unspecified atom stereocenters. The van der Waals surface area contributed by atoms with Crippen LogP contribution in [0.25, 0.3) is 0 Å². The Bertz CT molecular complexity index is 700. The molecule has 1 aliphatic heterocycles. The van der Waals surface area contributed by atoms with Gasteiger partial charge in [0.1, 0.15) is 5.69 Å². The summed E-state index contributed by atoms with van der Waals surface area (Å²) in [6, 6.07) is 11.1. The zero-order chi connectivity index (χ0) is 14.8. The van der Waals surface area contributed by atoms with Crippen LogP contribution in [0.3, 0.4) is 0 Å². The molecular formula is C15H16N4O2. The SMILES string of the molecule is Nc1cc(NCc2ccc3c(c2)CNC3)ccc1[N+](=O)[O-]. The molecule has 1 heterocycles. The molecule has 0 fully saturated rings. The molecular weight excluding hydrogens is 268 g/mol. The number of fused-ring (bicyclic) bond motifs is 1. The number of hydrogen-bond acceptors (Lipinski definition) is 5. The fraction of sp³-hybridized carbons (Fsp3) is 0.200. The number of nitrogens with zero attached hydrogens (tertiary/aromatic N) is 1. The van der Waals surface area contributed by atoms with Gasteiger partial charge in [-0.05, 0) is 28.8 Å². The third-order valence-electron chi connectivity index (χ3n) is 3.62. The summed E-state index contributed by atoms with van der Waals surface area (Å²) >= 11 is 0. The van der Waals surface area contributed by atoms with Crippen molar-refractivity contribution in [2.75, 3.05) is 11.1 Å². The first kappa shape index (κ1) is 13.4. The van der Waals surface area contributed by atoms with Gasteiger partial charge in [0.15, 0.2) is 0 Å². The molecule has 6 nitrogen and oxygen atoms in total. The number of rotatable bonds is 4. The Kier molecular flexibility index (Phi) is 3.45. The topological polar surface area (TPSA) is 93.2 Å². The Labute approximate surface area is 122 Å². The molecule has 2 aromatic rings. The van der Waals surface area contributed by atoms with Crippen LogP contribution < -0.4 is 16.4 Å². The van der Waals surface area contributed by atoms with Crippen LogP contribution in [0.4, 0.5) is 17.1 Å². The molecule has 0 atom stereocenters. The Balaban J connectivity index is 1.70. The Morgan fingerprint density at radius 3 is 2.76 bits per heavy atom. The third-order valence-corrected chi connectivity index (χ3v) is 3.62. The van der Waals surface area contributed by atoms with Gasteiger partial charge < -0.3 is 16.4 Å². The second-order valence-corrected chi connectivity index (χ2v) is 5.09. The van der Waals surface area contributed by atoms with Gasteiger partial charge in [-0.3, -0.25) is 10.1 Å². The molecule has 6 heteroatoms. The van der Waals surface area contributed by atoms with Crippen molar-refractivity contribution in [3.8, 4) is 0 Å². The van der Waals surface area contributed by atoms with Crippen LogP contribution in [0.5, 0.6) is 0 Å². The van der Waals surface area contributed by atoms with E-state index in [1.54, 1.807) is 12.1 Å². The second kappa shape index (κ2) is 5.41. The lowest BCUT2D eigenvalue weighted by molar-refractivity contribution is -0.383. The maximum atomic E-state index is 10.7. The van der Waals surface area contributed by atoms with Crippen molar-refractivity contribution in [1.82, 2.24) is 5.32 Å². The summed E-state index contributed by atoms with van der Waals surface area (Å²) < 4.78 is 0. The average Bonchev–Trinajstić information content (AvgIpc) is 2.92. The number of nitrogens with one attached hydrogen (secondary N) is 2. The average molecular weight is 284 g/mol. The van der Waals surface area contributed by atoms with E-state index in [0.717, 1.165) is 18.8 Å². The highest BCUT2D eigenvalue weighted by Gasteiger charge is 2.12. The molecule has 4 N–H and O–H groups in total. The van der Waals surface area contributed by atoms with E-state index in [1.165, 1.54) is 22.8 Å². The smallest absolute Gasteiger partial charge is 0.292 e. The molecule has 1 aliphatic rings. The number of nitro groups is 1. The molecule has 0 saturated carbocycles. The monoisotopic (exact) mass is 284 g/mol. The van der Waals surface area contributed by atoms with Crippen LogP contribution in [-0.4, -0.2) is 4.92 Å². The van der Waals surface area contributed by atoms with Gasteiger partial charge in [-0.15, -0.1) is 0 Å². The standard InChI is InChI=1S/C15H16N4O2/c16-14-6-13(3-4-15(14)19(20)21)18-7-10-1-2-11-8-17-9-12(11)5-10/h1-6,17-18H,7-9,16H2. The first-order valence-corrected chi connectivity index (χ1v) is 6.72. The largest absolute Gasteiger partial charge is 0.393 e. The Hall–Kier alpha value is -2.60. The molecule has 0 amide bonds. The molecule has 0 aromatic heterocycles. The highest BCUT2D eigenvalue weighted by atomic mass is 16.6. The summed E-state index contributed by atoms with van der Waals surface area (Å²) in [5.41, 5.74) is 10.4. The van der Waals surface area contributed by atoms with E-state index in [4.69, 9.17) is 5.73 Å². The summed E-state index contributed by atoms with van der Waals surface area (Å²) in [5, 5.41) is 17.3. The van der Waals surface area contributed by atoms with Crippen molar-refractivity contribution < 1.29 is 4.92 Å². The number of anilines is 2. The molecule has 0 spiro atoms. The van der Waals surface area contributed by atoms with Crippen molar-refractivity contribution in [3.05, 3.63) is 63.2 Å². The molecule has 0 bridgehead atoms. The van der Waals surface area contributed by atoms with Gasteiger partial charge in [0.2, 0.25) is 0 Å². The van der Waals surface area contributed by atoms with Gasteiger partial charge >= 0.3 is 0 Å². The van der Waals surface area contributed by atoms with E-state index in [9.17, 15) is 10.1 Å². The summed E-state index contributed by atoms with van der Waals surface area (Å²) in [6.45, 7) is 2.50. The van der Waals surface area contributed by atoms with Crippen LogP contribution in [-0.2, 0) is 19.6 Å². The third kappa shape index (κ3) is 2.80. The van der Waals surface area contributed by atoms with Gasteiger partial charge in [0, 0.05) is 31.4 Å². The van der Waals surface area contributed by atoms with Gasteiger partial charge in [0.25, 0.3) is 5.69 Å². The molecule has 2 aromatic carbocycles. The molecule has 3 rings (SSSR count). The van der Waals surface area contributed by atoms with Crippen LogP contribution in [0, 0.1) is 10.1 Å². The first-order chi connectivity index (χ1) is 10.1. The lowest BCUT2D eigenvalue weighted by Gasteiger charge is -2.09. The fourth-order valence-electron chi connectivity index (χ4n) is 2.49. The number of nitrogens with two attached hydrogens (primary N) is 1. The van der Waals surface area contributed by atoms with Crippen molar-refractivity contribution >= 4 is 17.1 Å². The van der Waals surface area contributed by atoms with Crippen molar-refractivity contribution in [2.45, 2.75) is 19.6 Å². The van der Waals surface area contributed by atoms with Gasteiger partial charge in [-0.1, -0.05) is 18.2 Å². The molecule has 108 valence electrons. The van der Waals surface area contributed by atoms with E-state index in [2.05, 4.69) is 28.8 Å². The molecule has 0 aliphatic carbocycles. The molecule has 21 heavy (non-hydrogen) atoms. The normalized spacial score (nSPS) is 13.0. The zero-order valence-electron chi connectivity index (χ0n) is 11.4. The van der Waals surface area contributed by atoms with Gasteiger partial charge in [0.05, 0.1) is 4.92 Å². The quantitative estimate of drug-likeness (QED) is 0.455. The minimum atomic E-state index is -0.480. The van der Waals surface area contributed by atoms with E-state index in [1.807, 2.05) is 0 Å². The van der Waals surface area contributed by atoms with E-state index < -0.39 is 4.92 Å². The summed E-state index contributed by atoms with van der Waals surface area (Å²) in [6.07, 6.45) is 0. The maximum Gasteiger partial charge on any atom is 0.292 e. The number of nitro benzene ring substituents is 1. The van der Waals surface area contributed by atoms with E-state index in [-0.39, 0.29) is 11.4 Å². The van der Waals surface area contributed by atoms with Crippen molar-refractivity contribution in [3.63, 3.8) is 0 Å². The van der Waals surface area contributed by atoms with Gasteiger partial charge in [-0.2, -0.15) is 0 Å².